The Morgan fingerprint density at radius 1 is 1.00 bits per heavy atom. The Hall–Kier alpha value is -3.71. The molecule has 1 heterocycles. The summed E-state index contributed by atoms with van der Waals surface area (Å²) in [6.45, 7) is 5.43. The maximum absolute atomic E-state index is 13.0. The van der Waals surface area contributed by atoms with Crippen molar-refractivity contribution in [3.63, 3.8) is 0 Å². The van der Waals surface area contributed by atoms with E-state index in [1.165, 1.54) is 6.92 Å². The number of aromatic nitrogens is 1. The van der Waals surface area contributed by atoms with E-state index in [1.54, 1.807) is 30.5 Å². The second kappa shape index (κ2) is 10.5. The number of guanidine groups is 1. The molecule has 0 aliphatic carbocycles. The van der Waals surface area contributed by atoms with Gasteiger partial charge in [0.15, 0.2) is 0 Å². The van der Waals surface area contributed by atoms with E-state index in [0.717, 1.165) is 22.5 Å². The van der Waals surface area contributed by atoms with E-state index in [2.05, 4.69) is 25.9 Å². The molecule has 0 unspecified atom stereocenters. The molecule has 0 aliphatic rings. The Morgan fingerprint density at radius 3 is 2.53 bits per heavy atom. The average Bonchev–Trinajstić information content (AvgIpc) is 2.77. The SMILES string of the molecule is CC(=O)Nc1cc(C(=O)NC(=NCc2ccccn2)Nc2cccc(Cl)c2C)ccc1C. The zero-order chi connectivity index (χ0) is 23.1. The molecule has 32 heavy (non-hydrogen) atoms. The molecule has 0 fully saturated rings. The summed E-state index contributed by atoms with van der Waals surface area (Å²) in [4.78, 5) is 33.2. The zero-order valence-corrected chi connectivity index (χ0v) is 18.8. The predicted octanol–water partition coefficient (Wildman–Crippen LogP) is 4.71. The van der Waals surface area contributed by atoms with Gasteiger partial charge < -0.3 is 10.6 Å². The number of hydrogen-bond acceptors (Lipinski definition) is 4. The third kappa shape index (κ3) is 6.15. The van der Waals surface area contributed by atoms with Crippen molar-refractivity contribution in [1.82, 2.24) is 10.3 Å². The van der Waals surface area contributed by atoms with Gasteiger partial charge in [-0.3, -0.25) is 19.9 Å². The number of aliphatic imine (C=N–C) groups is 1. The van der Waals surface area contributed by atoms with Gasteiger partial charge in [0.1, 0.15) is 0 Å². The monoisotopic (exact) mass is 449 g/mol. The highest BCUT2D eigenvalue weighted by atomic mass is 35.5. The fourth-order valence-electron chi connectivity index (χ4n) is 2.90. The highest BCUT2D eigenvalue weighted by molar-refractivity contribution is 6.31. The van der Waals surface area contributed by atoms with Crippen LogP contribution in [0.5, 0.6) is 0 Å². The number of nitrogens with zero attached hydrogens (tertiary/aromatic N) is 2. The third-order valence-corrected chi connectivity index (χ3v) is 5.10. The Morgan fingerprint density at radius 2 is 1.81 bits per heavy atom. The number of amides is 2. The molecule has 3 aromatic rings. The maximum Gasteiger partial charge on any atom is 0.258 e. The Bertz CT molecular complexity index is 1160. The van der Waals surface area contributed by atoms with Crippen LogP contribution in [0.2, 0.25) is 5.02 Å². The molecule has 7 nitrogen and oxygen atoms in total. The smallest absolute Gasteiger partial charge is 0.258 e. The molecule has 2 aromatic carbocycles. The van der Waals surface area contributed by atoms with E-state index >= 15 is 0 Å². The number of carbonyl (C=O) groups is 2. The number of aryl methyl sites for hydroxylation is 1. The van der Waals surface area contributed by atoms with E-state index in [-0.39, 0.29) is 24.3 Å². The zero-order valence-electron chi connectivity index (χ0n) is 18.1. The van der Waals surface area contributed by atoms with Gasteiger partial charge in [0.05, 0.1) is 12.2 Å². The van der Waals surface area contributed by atoms with Gasteiger partial charge in [0.25, 0.3) is 5.91 Å². The second-order valence-corrected chi connectivity index (χ2v) is 7.60. The molecule has 0 bridgehead atoms. The molecule has 0 aliphatic heterocycles. The minimum atomic E-state index is -0.372. The number of pyridine rings is 1. The van der Waals surface area contributed by atoms with E-state index in [0.29, 0.717) is 16.3 Å². The topological polar surface area (TPSA) is 95.5 Å². The highest BCUT2D eigenvalue weighted by Crippen LogP contribution is 2.23. The maximum atomic E-state index is 13.0. The summed E-state index contributed by atoms with van der Waals surface area (Å²) in [5, 5.41) is 9.30. The van der Waals surface area contributed by atoms with Gasteiger partial charge in [-0.25, -0.2) is 4.99 Å². The Balaban J connectivity index is 1.87. The molecule has 164 valence electrons. The third-order valence-electron chi connectivity index (χ3n) is 4.69. The number of hydrogen-bond donors (Lipinski definition) is 3. The molecule has 1 aromatic heterocycles. The standard InChI is InChI=1S/C24H24ClN5O2/c1-15-10-11-18(13-22(15)28-17(3)31)23(32)30-24(27-14-19-7-4-5-12-26-19)29-21-9-6-8-20(25)16(21)2/h4-13H,14H2,1-3H3,(H,28,31)(H2,27,29,30,32). The first-order valence-electron chi connectivity index (χ1n) is 9.99. The van der Waals surface area contributed by atoms with Crippen molar-refractivity contribution in [3.8, 4) is 0 Å². The van der Waals surface area contributed by atoms with Crippen LogP contribution in [-0.2, 0) is 11.3 Å². The molecule has 3 rings (SSSR count). The van der Waals surface area contributed by atoms with Crippen molar-refractivity contribution in [2.75, 3.05) is 10.6 Å². The molecule has 3 N–H and O–H groups in total. The lowest BCUT2D eigenvalue weighted by Gasteiger charge is -2.15. The summed E-state index contributed by atoms with van der Waals surface area (Å²) >= 11 is 6.23. The van der Waals surface area contributed by atoms with Crippen molar-refractivity contribution < 1.29 is 9.59 Å². The van der Waals surface area contributed by atoms with Crippen LogP contribution >= 0.6 is 11.6 Å². The minimum Gasteiger partial charge on any atom is -0.326 e. The molecule has 0 saturated carbocycles. The summed E-state index contributed by atoms with van der Waals surface area (Å²) in [6, 6.07) is 16.1. The van der Waals surface area contributed by atoms with Gasteiger partial charge in [0, 0.05) is 35.1 Å². The summed E-state index contributed by atoms with van der Waals surface area (Å²) in [5.74, 6) is -0.322. The minimum absolute atomic E-state index is 0.207. The lowest BCUT2D eigenvalue weighted by Crippen LogP contribution is -2.36. The first-order chi connectivity index (χ1) is 15.3. The van der Waals surface area contributed by atoms with Gasteiger partial charge >= 0.3 is 0 Å². The number of halogens is 1. The van der Waals surface area contributed by atoms with Gasteiger partial charge in [-0.15, -0.1) is 0 Å². The van der Waals surface area contributed by atoms with E-state index in [9.17, 15) is 9.59 Å². The largest absolute Gasteiger partial charge is 0.326 e. The molecule has 0 spiro atoms. The summed E-state index contributed by atoms with van der Waals surface area (Å²) in [7, 11) is 0. The molecule has 0 saturated heterocycles. The highest BCUT2D eigenvalue weighted by Gasteiger charge is 2.13. The van der Waals surface area contributed by atoms with Crippen LogP contribution in [0.25, 0.3) is 0 Å². The quantitative estimate of drug-likeness (QED) is 0.388. The van der Waals surface area contributed by atoms with Gasteiger partial charge in [0.2, 0.25) is 11.9 Å². The molecular weight excluding hydrogens is 426 g/mol. The molecule has 0 atom stereocenters. The normalized spacial score (nSPS) is 11.1. The molecular formula is C24H24ClN5O2. The van der Waals surface area contributed by atoms with Gasteiger partial charge in [-0.05, 0) is 61.4 Å². The number of carbonyl (C=O) groups excluding carboxylic acids is 2. The van der Waals surface area contributed by atoms with Crippen molar-refractivity contribution in [1.29, 1.82) is 0 Å². The van der Waals surface area contributed by atoms with E-state index in [4.69, 9.17) is 11.6 Å². The number of rotatable bonds is 5. The van der Waals surface area contributed by atoms with E-state index in [1.807, 2.05) is 44.2 Å². The molecule has 8 heteroatoms. The van der Waals surface area contributed by atoms with Crippen molar-refractivity contribution in [2.45, 2.75) is 27.3 Å². The van der Waals surface area contributed by atoms with Crippen LogP contribution in [-0.4, -0.2) is 22.8 Å². The number of benzene rings is 2. The van der Waals surface area contributed by atoms with Crippen LogP contribution in [0.4, 0.5) is 11.4 Å². The Labute approximate surface area is 191 Å². The average molecular weight is 450 g/mol. The van der Waals surface area contributed by atoms with E-state index < -0.39 is 0 Å². The van der Waals surface area contributed by atoms with Crippen molar-refractivity contribution in [3.05, 3.63) is 88.2 Å². The Kier molecular flexibility index (Phi) is 7.57. The second-order valence-electron chi connectivity index (χ2n) is 7.19. The van der Waals surface area contributed by atoms with Gasteiger partial charge in [-0.2, -0.15) is 0 Å². The van der Waals surface area contributed by atoms with Crippen molar-refractivity contribution in [2.24, 2.45) is 4.99 Å². The van der Waals surface area contributed by atoms with Gasteiger partial charge in [-0.1, -0.05) is 29.8 Å². The fourth-order valence-corrected chi connectivity index (χ4v) is 3.07. The molecule has 2 amide bonds. The van der Waals surface area contributed by atoms with Crippen LogP contribution in [0.1, 0.15) is 34.1 Å². The summed E-state index contributed by atoms with van der Waals surface area (Å²) < 4.78 is 0. The van der Waals surface area contributed by atoms with Crippen LogP contribution in [0.3, 0.4) is 0 Å². The van der Waals surface area contributed by atoms with Crippen LogP contribution in [0.15, 0.2) is 65.8 Å². The number of anilines is 2. The van der Waals surface area contributed by atoms with Crippen LogP contribution < -0.4 is 16.0 Å². The fraction of sp³-hybridized carbons (Fsp3) is 0.167. The first-order valence-corrected chi connectivity index (χ1v) is 10.4. The lowest BCUT2D eigenvalue weighted by atomic mass is 10.1. The molecule has 0 radical (unpaired) electrons. The lowest BCUT2D eigenvalue weighted by molar-refractivity contribution is -0.114. The van der Waals surface area contributed by atoms with Crippen molar-refractivity contribution >= 4 is 40.7 Å². The van der Waals surface area contributed by atoms with Crippen LogP contribution in [0, 0.1) is 13.8 Å². The summed E-state index contributed by atoms with van der Waals surface area (Å²) in [6.07, 6.45) is 1.69. The first kappa shape index (κ1) is 23.0. The summed E-state index contributed by atoms with van der Waals surface area (Å²) in [5.41, 5.74) is 4.13. The number of nitrogens with one attached hydrogen (secondary N) is 3. The predicted molar refractivity (Wildman–Crippen MR) is 128 cm³/mol.